The van der Waals surface area contributed by atoms with E-state index in [9.17, 15) is 112 Å². The highest BCUT2D eigenvalue weighted by Gasteiger charge is 2.72. The van der Waals surface area contributed by atoms with Crippen LogP contribution < -0.4 is 0 Å². The normalized spacial score (nSPS) is 55.5. The molecule has 39 nitrogen and oxygen atoms in total. The van der Waals surface area contributed by atoms with E-state index in [0.29, 0.717) is 44.9 Å². The first-order valence-electron chi connectivity index (χ1n) is 39.4. The second-order valence-electron chi connectivity index (χ2n) is 35.8. The minimum Gasteiger partial charge on any atom is -0.432 e. The fraction of sp³-hybridized carbons (Fsp3) is 0.959. The van der Waals surface area contributed by atoms with E-state index in [-0.39, 0.29) is 30.1 Å². The van der Waals surface area contributed by atoms with Crippen molar-refractivity contribution in [2.75, 3.05) is 52.9 Å². The predicted octanol–water partition coefficient (Wildman–Crippen LogP) is -8.18. The molecule has 13 rings (SSSR count). The van der Waals surface area contributed by atoms with Crippen LogP contribution in [0.5, 0.6) is 0 Å². The van der Waals surface area contributed by atoms with Crippen LogP contribution in [-0.2, 0) is 80.6 Å². The molecule has 5 aliphatic carbocycles. The number of fused-ring (bicyclic) bond motifs is 7. The number of hydrogen-bond acceptors (Lipinski definition) is 39. The van der Waals surface area contributed by atoms with Crippen LogP contribution in [0.1, 0.15) is 113 Å². The third-order valence-corrected chi connectivity index (χ3v) is 28.4. The Kier molecular flexibility index (Phi) is 26.3. The van der Waals surface area contributed by atoms with E-state index < -0.39 is 319 Å². The van der Waals surface area contributed by atoms with Crippen molar-refractivity contribution in [1.82, 2.24) is 0 Å². The van der Waals surface area contributed by atoms with Crippen LogP contribution in [0.2, 0.25) is 0 Å². The van der Waals surface area contributed by atoms with Gasteiger partial charge in [0.25, 0.3) is 0 Å². The van der Waals surface area contributed by atoms with Crippen molar-refractivity contribution in [2.24, 2.45) is 50.2 Å². The Morgan fingerprint density at radius 3 is 1.60 bits per heavy atom. The lowest BCUT2D eigenvalue weighted by Gasteiger charge is -2.72. The van der Waals surface area contributed by atoms with Gasteiger partial charge in [-0.2, -0.15) is 0 Å². The zero-order chi connectivity index (χ0) is 82.2. The Labute approximate surface area is 651 Å². The molecule has 22 N–H and O–H groups in total. The summed E-state index contributed by atoms with van der Waals surface area (Å²) in [4.78, 5) is 16.2. The van der Waals surface area contributed by atoms with Crippen molar-refractivity contribution in [1.29, 1.82) is 0 Å². The Hall–Kier alpha value is -2.27. The number of aliphatic hydroxyl groups is 22. The summed E-state index contributed by atoms with van der Waals surface area (Å²) in [5.41, 5.74) is -6.14. The standard InChI is InChI=1S/C74H120O39/c1-27-39(83)43(87)46(90)61(102-27)107-52-33(81)22-99-60(48(52)92)106-51-28(2)103-63(50(94)55(51)110-59-45(89)40(84)32(80)21-98-59)111-56-53(108-66-57(95)74(97,25-78)26-101-66)34(82)23-100-65(56)113-67(96)73-15-13-68(3,4)17-30(73)29-9-10-38-69(5)18-31(79)58(70(6,24-77)37(69)11-12-72(38,8)71(29,7)14-16-73)112-64-49(93)54(42(86)36(20-76)105-64)109-62-47(91)44(88)41(85)35(19-75)104-62/h9,27-28,30-66,75-95,97H,10-26H2,1-8H3/t27-,28-,30+,31-,32+,33+,34-,35+,36+,37+,38+,39-,40-,41+,42+,43+,44-,45+,46+,47+,48+,49+,50+,51-,52-,53-,54-,55-,56+,57-,58-,59-,60-,61-,62-,63-,64-,65-,66-,69-,70-,71+,72+,73-,74+/m0/s1. The zero-order valence-electron chi connectivity index (χ0n) is 64.4. The molecule has 0 amide bonds. The molecule has 8 heterocycles. The molecule has 12 fully saturated rings. The van der Waals surface area contributed by atoms with Crippen molar-refractivity contribution >= 4 is 5.97 Å². The van der Waals surface area contributed by atoms with Gasteiger partial charge in [0.1, 0.15) is 146 Å². The number of carbonyl (C=O) groups is 1. The van der Waals surface area contributed by atoms with Gasteiger partial charge in [0, 0.05) is 5.41 Å². The fourth-order valence-electron chi connectivity index (χ4n) is 21.4. The van der Waals surface area contributed by atoms with Crippen LogP contribution in [0.3, 0.4) is 0 Å². The van der Waals surface area contributed by atoms with E-state index in [1.54, 1.807) is 6.92 Å². The van der Waals surface area contributed by atoms with Crippen LogP contribution in [0.4, 0.5) is 0 Å². The first-order valence-corrected chi connectivity index (χ1v) is 39.4. The van der Waals surface area contributed by atoms with Crippen molar-refractivity contribution in [3.05, 3.63) is 11.6 Å². The van der Waals surface area contributed by atoms with Gasteiger partial charge in [-0.25, -0.2) is 0 Å². The summed E-state index contributed by atoms with van der Waals surface area (Å²) < 4.78 is 97.2. The number of carbonyl (C=O) groups excluding carboxylic acids is 1. The molecule has 0 radical (unpaired) electrons. The quantitative estimate of drug-likeness (QED) is 0.0306. The Morgan fingerprint density at radius 1 is 0.442 bits per heavy atom. The van der Waals surface area contributed by atoms with Gasteiger partial charge in [-0.05, 0) is 111 Å². The van der Waals surface area contributed by atoms with E-state index in [2.05, 4.69) is 40.7 Å². The summed E-state index contributed by atoms with van der Waals surface area (Å²) in [6, 6.07) is 0. The molecular weight excluding hydrogens is 1510 g/mol. The summed E-state index contributed by atoms with van der Waals surface area (Å²) in [6.07, 6.45) is -57.2. The number of rotatable bonds is 20. The SMILES string of the molecule is C[C@@H]1O[C@@H](O[C@@H]2[C@@H](O)[C@H](O[C@@H]3[C@@H](O[C@@H]4OC[C@@H](O)[C@H](O)[C@H]4O)[C@@H](O)[C@H](O[C@H]4[C@H](OC(=O)[C@]56CCC(C)(C)C[C@@H]5C5=CC[C@@H]7[C@@]8(C)C[C@H](O)[C@H](O[C@@H]9O[C@H](CO)[C@@H](O)[C@H](O[C@@H]%10O[C@H](CO)[C@@H](O)[C@H](O)[C@H]%10O)[C@H]9O)[C@@](C)(CO)[C@@H]8CC[C@@]7(C)[C@]5(C)CC6)OC[C@H](O)[C@@H]4O[C@@H]4OC[C@](O)(CO)[C@H]4O)O[C@H]3C)OC[C@H]2O)[C@H](O)[C@H](O)[C@H]1O. The number of hydrogen-bond donors (Lipinski definition) is 22. The molecule has 4 saturated carbocycles. The van der Waals surface area contributed by atoms with Gasteiger partial charge >= 0.3 is 5.97 Å². The molecule has 0 spiro atoms. The summed E-state index contributed by atoms with van der Waals surface area (Å²) in [5, 5.41) is 245. The van der Waals surface area contributed by atoms with E-state index in [1.165, 1.54) is 13.8 Å². The maximum atomic E-state index is 16.2. The highest BCUT2D eigenvalue weighted by Crippen LogP contribution is 2.76. The molecule has 45 atom stereocenters. The molecule has 13 aliphatic rings. The lowest BCUT2D eigenvalue weighted by molar-refractivity contribution is -0.396. The topological polar surface area (TPSA) is 610 Å². The minimum atomic E-state index is -2.27. The van der Waals surface area contributed by atoms with Gasteiger partial charge in [-0.15, -0.1) is 0 Å². The summed E-state index contributed by atoms with van der Waals surface area (Å²) in [7, 11) is 0. The predicted molar refractivity (Wildman–Crippen MR) is 369 cm³/mol. The van der Waals surface area contributed by atoms with Gasteiger partial charge in [0.2, 0.25) is 6.29 Å². The van der Waals surface area contributed by atoms with Crippen LogP contribution in [-0.4, -0.2) is 398 Å². The number of aliphatic hydroxyl groups excluding tert-OH is 21. The minimum absolute atomic E-state index is 0.117. The summed E-state index contributed by atoms with van der Waals surface area (Å²) in [6.45, 7) is 9.66. The molecule has 8 saturated heterocycles. The number of esters is 1. The van der Waals surface area contributed by atoms with Crippen molar-refractivity contribution in [3.63, 3.8) is 0 Å². The lowest BCUT2D eigenvalue weighted by atomic mass is 9.33. The average Bonchev–Trinajstić information content (AvgIpc) is 1.22. The number of ether oxygens (including phenoxy) is 16. The maximum absolute atomic E-state index is 16.2. The highest BCUT2D eigenvalue weighted by molar-refractivity contribution is 5.79. The second-order valence-corrected chi connectivity index (χ2v) is 35.8. The van der Waals surface area contributed by atoms with E-state index in [0.717, 1.165) is 5.57 Å². The molecule has 650 valence electrons. The van der Waals surface area contributed by atoms with E-state index in [1.807, 2.05) is 0 Å². The average molecular weight is 1630 g/mol. The van der Waals surface area contributed by atoms with Crippen molar-refractivity contribution in [2.45, 2.75) is 340 Å². The van der Waals surface area contributed by atoms with Crippen molar-refractivity contribution in [3.8, 4) is 0 Å². The fourth-order valence-corrected chi connectivity index (χ4v) is 21.4. The first-order chi connectivity index (χ1) is 53.1. The largest absolute Gasteiger partial charge is 0.432 e. The van der Waals surface area contributed by atoms with Gasteiger partial charge in [0.15, 0.2) is 50.1 Å². The smallest absolute Gasteiger partial charge is 0.315 e. The van der Waals surface area contributed by atoms with Gasteiger partial charge in [-0.1, -0.05) is 53.2 Å². The molecular formula is C74H120O39. The van der Waals surface area contributed by atoms with Crippen LogP contribution in [0, 0.1) is 50.2 Å². The van der Waals surface area contributed by atoms with Gasteiger partial charge in [0.05, 0.1) is 82.7 Å². The van der Waals surface area contributed by atoms with Gasteiger partial charge < -0.3 is 188 Å². The summed E-state index contributed by atoms with van der Waals surface area (Å²) in [5.74, 6) is -1.82. The van der Waals surface area contributed by atoms with E-state index in [4.69, 9.17) is 75.8 Å². The lowest BCUT2D eigenvalue weighted by Crippen LogP contribution is -2.70. The molecule has 0 aromatic rings. The molecule has 0 aromatic heterocycles. The molecule has 113 heavy (non-hydrogen) atoms. The highest BCUT2D eigenvalue weighted by atomic mass is 16.8. The Bertz CT molecular complexity index is 3260. The molecule has 0 unspecified atom stereocenters. The Balaban J connectivity index is 0.771. The van der Waals surface area contributed by atoms with Crippen LogP contribution in [0.25, 0.3) is 0 Å². The monoisotopic (exact) mass is 1630 g/mol. The molecule has 0 bridgehead atoms. The molecule has 0 aromatic carbocycles. The zero-order valence-corrected chi connectivity index (χ0v) is 64.4. The van der Waals surface area contributed by atoms with Crippen LogP contribution >= 0.6 is 0 Å². The van der Waals surface area contributed by atoms with Crippen molar-refractivity contribution < 1.29 is 193 Å². The molecule has 39 heteroatoms. The summed E-state index contributed by atoms with van der Waals surface area (Å²) >= 11 is 0. The maximum Gasteiger partial charge on any atom is 0.315 e. The number of allylic oxidation sites excluding steroid dienone is 2. The third kappa shape index (κ3) is 15.5. The third-order valence-electron chi connectivity index (χ3n) is 28.4. The molecule has 8 aliphatic heterocycles. The second kappa shape index (κ2) is 33.5. The first kappa shape index (κ1) is 88.5. The van der Waals surface area contributed by atoms with Crippen LogP contribution in [0.15, 0.2) is 11.6 Å². The van der Waals surface area contributed by atoms with Gasteiger partial charge in [-0.3, -0.25) is 4.79 Å². The van der Waals surface area contributed by atoms with E-state index >= 15 is 4.79 Å². The Morgan fingerprint density at radius 2 is 0.956 bits per heavy atom.